The molecule has 0 radical (unpaired) electrons. The van der Waals surface area contributed by atoms with Crippen LogP contribution in [0, 0.1) is 5.41 Å². The zero-order chi connectivity index (χ0) is 15.1. The number of nitrogens with two attached hydrogens (primary N) is 1. The highest BCUT2D eigenvalue weighted by Gasteiger charge is 2.33. The van der Waals surface area contributed by atoms with Crippen molar-refractivity contribution in [2.45, 2.75) is 57.9 Å². The quantitative estimate of drug-likeness (QED) is 0.853. The van der Waals surface area contributed by atoms with Crippen LogP contribution in [0.15, 0.2) is 24.3 Å². The number of fused-ring (bicyclic) bond motifs is 1. The Hall–Kier alpha value is -1.35. The lowest BCUT2D eigenvalue weighted by Gasteiger charge is -2.29. The second-order valence-electron chi connectivity index (χ2n) is 7.63. The van der Waals surface area contributed by atoms with E-state index in [1.165, 1.54) is 24.8 Å². The van der Waals surface area contributed by atoms with Crippen molar-refractivity contribution in [3.8, 4) is 0 Å². The van der Waals surface area contributed by atoms with Crippen molar-refractivity contribution in [2.24, 2.45) is 18.2 Å². The van der Waals surface area contributed by atoms with Gasteiger partial charge in [-0.2, -0.15) is 0 Å². The molecule has 1 saturated carbocycles. The molecule has 1 aromatic heterocycles. The van der Waals surface area contributed by atoms with Gasteiger partial charge >= 0.3 is 0 Å². The van der Waals surface area contributed by atoms with Gasteiger partial charge < -0.3 is 10.3 Å². The number of rotatable bonds is 2. The molecule has 0 spiro atoms. The molecule has 0 bridgehead atoms. The fraction of sp³-hybridized carbons (Fsp3) is 0.611. The van der Waals surface area contributed by atoms with E-state index in [1.54, 1.807) is 0 Å². The van der Waals surface area contributed by atoms with Gasteiger partial charge in [0, 0.05) is 19.0 Å². The summed E-state index contributed by atoms with van der Waals surface area (Å²) in [6, 6.07) is 8.33. The van der Waals surface area contributed by atoms with Crippen LogP contribution in [0.5, 0.6) is 0 Å². The second-order valence-corrected chi connectivity index (χ2v) is 7.63. The number of hydrogen-bond donors (Lipinski definition) is 1. The molecule has 0 saturated heterocycles. The van der Waals surface area contributed by atoms with Crippen LogP contribution in [0.25, 0.3) is 11.0 Å². The molecule has 3 nitrogen and oxygen atoms in total. The molecule has 114 valence electrons. The van der Waals surface area contributed by atoms with Gasteiger partial charge in [-0.3, -0.25) is 0 Å². The van der Waals surface area contributed by atoms with Gasteiger partial charge in [-0.05, 0) is 43.2 Å². The molecule has 2 aromatic rings. The highest BCUT2D eigenvalue weighted by atomic mass is 15.1. The predicted molar refractivity (Wildman–Crippen MR) is 88.2 cm³/mol. The van der Waals surface area contributed by atoms with E-state index >= 15 is 0 Å². The number of benzene rings is 1. The van der Waals surface area contributed by atoms with Gasteiger partial charge in [0.15, 0.2) is 0 Å². The van der Waals surface area contributed by atoms with Gasteiger partial charge in [-0.25, -0.2) is 4.98 Å². The predicted octanol–water partition coefficient (Wildman–Crippen LogP) is 3.80. The Morgan fingerprint density at radius 3 is 2.67 bits per heavy atom. The zero-order valence-corrected chi connectivity index (χ0v) is 13.5. The van der Waals surface area contributed by atoms with Gasteiger partial charge in [-0.15, -0.1) is 0 Å². The summed E-state index contributed by atoms with van der Waals surface area (Å²) in [7, 11) is 2.11. The maximum atomic E-state index is 6.75. The first-order valence-electron chi connectivity index (χ1n) is 8.08. The minimum absolute atomic E-state index is 0.0943. The smallest absolute Gasteiger partial charge is 0.111 e. The molecule has 0 amide bonds. The van der Waals surface area contributed by atoms with Crippen LogP contribution < -0.4 is 5.73 Å². The molecule has 1 atom stereocenters. The monoisotopic (exact) mass is 285 g/mol. The Kier molecular flexibility index (Phi) is 3.56. The van der Waals surface area contributed by atoms with Gasteiger partial charge in [-0.1, -0.05) is 32.4 Å². The summed E-state index contributed by atoms with van der Waals surface area (Å²) in [4.78, 5) is 4.80. The lowest BCUT2D eigenvalue weighted by Crippen LogP contribution is -2.42. The average molecular weight is 285 g/mol. The summed E-state index contributed by atoms with van der Waals surface area (Å²) >= 11 is 0. The largest absolute Gasteiger partial charge is 0.331 e. The third-order valence-corrected chi connectivity index (χ3v) is 5.22. The molecule has 1 aromatic carbocycles. The molecule has 1 unspecified atom stereocenters. The standard InChI is InChI=1S/C18H27N3/c1-17(2)9-6-10-18(19,12-11-17)13-16-20-14-7-4-5-8-15(14)21(16)3/h4-5,7-8H,6,9-13,19H2,1-3H3. The Bertz CT molecular complexity index is 641. The summed E-state index contributed by atoms with van der Waals surface area (Å²) in [5.74, 6) is 1.12. The summed E-state index contributed by atoms with van der Waals surface area (Å²) < 4.78 is 2.21. The molecule has 3 heteroatoms. The Morgan fingerprint density at radius 1 is 1.14 bits per heavy atom. The van der Waals surface area contributed by atoms with E-state index in [-0.39, 0.29) is 5.54 Å². The minimum atomic E-state index is -0.0943. The molecule has 1 heterocycles. The minimum Gasteiger partial charge on any atom is -0.331 e. The Morgan fingerprint density at radius 2 is 1.90 bits per heavy atom. The van der Waals surface area contributed by atoms with Crippen molar-refractivity contribution < 1.29 is 0 Å². The molecule has 1 aliphatic rings. The van der Waals surface area contributed by atoms with Crippen molar-refractivity contribution in [3.63, 3.8) is 0 Å². The van der Waals surface area contributed by atoms with Crippen LogP contribution in [0.3, 0.4) is 0 Å². The highest BCUT2D eigenvalue weighted by Crippen LogP contribution is 2.38. The van der Waals surface area contributed by atoms with Crippen LogP contribution in [0.4, 0.5) is 0 Å². The van der Waals surface area contributed by atoms with E-state index in [0.29, 0.717) is 5.41 Å². The Balaban J connectivity index is 1.85. The lowest BCUT2D eigenvalue weighted by molar-refractivity contribution is 0.295. The first kappa shape index (κ1) is 14.6. The summed E-state index contributed by atoms with van der Waals surface area (Å²) in [5.41, 5.74) is 9.37. The molecular weight excluding hydrogens is 258 g/mol. The van der Waals surface area contributed by atoms with E-state index < -0.39 is 0 Å². The second kappa shape index (κ2) is 5.13. The number of imidazole rings is 1. The third kappa shape index (κ3) is 2.98. The summed E-state index contributed by atoms with van der Waals surface area (Å²) in [6.45, 7) is 4.74. The van der Waals surface area contributed by atoms with Crippen LogP contribution >= 0.6 is 0 Å². The molecule has 2 N–H and O–H groups in total. The van der Waals surface area contributed by atoms with Gasteiger partial charge in [0.05, 0.1) is 11.0 Å². The summed E-state index contributed by atoms with van der Waals surface area (Å²) in [5, 5.41) is 0. The average Bonchev–Trinajstić information content (AvgIpc) is 2.66. The topological polar surface area (TPSA) is 43.8 Å². The molecule has 21 heavy (non-hydrogen) atoms. The molecular formula is C18H27N3. The zero-order valence-electron chi connectivity index (χ0n) is 13.5. The number of aryl methyl sites for hydroxylation is 1. The number of nitrogens with zero attached hydrogens (tertiary/aromatic N) is 2. The fourth-order valence-corrected chi connectivity index (χ4v) is 3.60. The van der Waals surface area contributed by atoms with Crippen molar-refractivity contribution in [1.29, 1.82) is 0 Å². The SMILES string of the molecule is Cn1c(CC2(N)CCCC(C)(C)CC2)nc2ccccc21. The number of para-hydroxylation sites is 2. The number of aromatic nitrogens is 2. The highest BCUT2D eigenvalue weighted by molar-refractivity contribution is 5.75. The van der Waals surface area contributed by atoms with E-state index in [0.717, 1.165) is 30.6 Å². The van der Waals surface area contributed by atoms with Crippen molar-refractivity contribution in [2.75, 3.05) is 0 Å². The molecule has 3 rings (SSSR count). The van der Waals surface area contributed by atoms with Crippen LogP contribution in [0.2, 0.25) is 0 Å². The van der Waals surface area contributed by atoms with Gasteiger partial charge in [0.2, 0.25) is 0 Å². The van der Waals surface area contributed by atoms with E-state index in [1.807, 2.05) is 6.07 Å². The number of hydrogen-bond acceptors (Lipinski definition) is 2. The third-order valence-electron chi connectivity index (χ3n) is 5.22. The Labute approximate surface area is 127 Å². The normalized spacial score (nSPS) is 25.9. The van der Waals surface area contributed by atoms with E-state index in [2.05, 4.69) is 43.7 Å². The first-order valence-corrected chi connectivity index (χ1v) is 8.08. The van der Waals surface area contributed by atoms with Crippen LogP contribution in [-0.2, 0) is 13.5 Å². The van der Waals surface area contributed by atoms with Crippen molar-refractivity contribution >= 4 is 11.0 Å². The molecule has 1 aliphatic carbocycles. The van der Waals surface area contributed by atoms with E-state index in [4.69, 9.17) is 10.7 Å². The fourth-order valence-electron chi connectivity index (χ4n) is 3.60. The maximum Gasteiger partial charge on any atom is 0.111 e. The maximum absolute atomic E-state index is 6.75. The van der Waals surface area contributed by atoms with Gasteiger partial charge in [0.1, 0.15) is 5.82 Å². The van der Waals surface area contributed by atoms with Gasteiger partial charge in [0.25, 0.3) is 0 Å². The van der Waals surface area contributed by atoms with E-state index in [9.17, 15) is 0 Å². The van der Waals surface area contributed by atoms with Crippen LogP contribution in [0.1, 0.15) is 51.8 Å². The summed E-state index contributed by atoms with van der Waals surface area (Å²) in [6.07, 6.45) is 6.83. The lowest BCUT2D eigenvalue weighted by atomic mass is 9.83. The molecule has 0 aliphatic heterocycles. The van der Waals surface area contributed by atoms with Crippen molar-refractivity contribution in [3.05, 3.63) is 30.1 Å². The molecule has 1 fully saturated rings. The first-order chi connectivity index (χ1) is 9.89. The van der Waals surface area contributed by atoms with Crippen LogP contribution in [-0.4, -0.2) is 15.1 Å². The van der Waals surface area contributed by atoms with Crippen molar-refractivity contribution in [1.82, 2.24) is 9.55 Å².